The summed E-state index contributed by atoms with van der Waals surface area (Å²) < 4.78 is 16.1. The Hall–Kier alpha value is -2.21. The number of carbonyl (C=O) groups is 1. The van der Waals surface area contributed by atoms with Gasteiger partial charge in [0.25, 0.3) is 5.56 Å². The van der Waals surface area contributed by atoms with E-state index in [1.165, 1.54) is 10.7 Å². The lowest BCUT2D eigenvalue weighted by Crippen LogP contribution is -2.48. The molecule has 1 atom stereocenters. The molecule has 0 saturated heterocycles. The molecule has 1 aromatic heterocycles. The molecule has 2 aliphatic rings. The van der Waals surface area contributed by atoms with Crippen LogP contribution in [0.15, 0.2) is 29.1 Å². The van der Waals surface area contributed by atoms with E-state index < -0.39 is 11.2 Å². The van der Waals surface area contributed by atoms with Crippen molar-refractivity contribution in [2.75, 3.05) is 0 Å². The van der Waals surface area contributed by atoms with Gasteiger partial charge in [0.2, 0.25) is 5.91 Å². The predicted molar refractivity (Wildman–Crippen MR) is 114 cm³/mol. The van der Waals surface area contributed by atoms with Crippen molar-refractivity contribution in [3.05, 3.63) is 62.3 Å². The van der Waals surface area contributed by atoms with Crippen LogP contribution in [0.1, 0.15) is 62.3 Å². The molecule has 2 aliphatic carbocycles. The fourth-order valence-corrected chi connectivity index (χ4v) is 5.27. The molecule has 1 N–H and O–H groups in total. The average Bonchev–Trinajstić information content (AvgIpc) is 3.19. The zero-order valence-electron chi connectivity index (χ0n) is 17.2. The topological polar surface area (TPSA) is 64.0 Å². The largest absolute Gasteiger partial charge is 0.351 e. The van der Waals surface area contributed by atoms with E-state index in [2.05, 4.69) is 10.4 Å². The highest BCUT2D eigenvalue weighted by molar-refractivity contribution is 6.31. The molecule has 1 aromatic carbocycles. The highest BCUT2D eigenvalue weighted by Gasteiger charge is 2.46. The predicted octanol–water partition coefficient (Wildman–Crippen LogP) is 3.93. The summed E-state index contributed by atoms with van der Waals surface area (Å²) in [5, 5.41) is 7.82. The van der Waals surface area contributed by atoms with Crippen molar-refractivity contribution in [1.29, 1.82) is 0 Å². The number of halogens is 2. The summed E-state index contributed by atoms with van der Waals surface area (Å²) in [6.45, 7) is 2.12. The van der Waals surface area contributed by atoms with Crippen molar-refractivity contribution in [2.45, 2.75) is 76.3 Å². The van der Waals surface area contributed by atoms with E-state index in [-0.39, 0.29) is 34.6 Å². The molecule has 0 radical (unpaired) electrons. The number of benzene rings is 1. The van der Waals surface area contributed by atoms with Crippen molar-refractivity contribution in [3.8, 4) is 0 Å². The van der Waals surface area contributed by atoms with Gasteiger partial charge in [-0.15, -0.1) is 0 Å². The van der Waals surface area contributed by atoms with Gasteiger partial charge in [-0.3, -0.25) is 9.59 Å². The van der Waals surface area contributed by atoms with Crippen LogP contribution < -0.4 is 10.9 Å². The zero-order chi connectivity index (χ0) is 21.3. The van der Waals surface area contributed by atoms with Gasteiger partial charge in [-0.2, -0.15) is 5.10 Å². The number of carbonyl (C=O) groups excluding carboxylic acids is 1. The van der Waals surface area contributed by atoms with Crippen LogP contribution in [-0.2, 0) is 29.6 Å². The standard InChI is InChI=1S/C23H27ClFN3O2/c1-15(14-28-20(29)13-16-7-2-3-10-19(16)27-28)26-22(30)23(11-4-5-12-23)21-17(24)8-6-9-18(21)25/h6,8-9,13,15H,2-5,7,10-12,14H2,1H3,(H,26,30)/t15-/m0/s1. The highest BCUT2D eigenvalue weighted by atomic mass is 35.5. The summed E-state index contributed by atoms with van der Waals surface area (Å²) in [5.41, 5.74) is 1.19. The van der Waals surface area contributed by atoms with E-state index in [9.17, 15) is 14.0 Å². The van der Waals surface area contributed by atoms with E-state index in [1.54, 1.807) is 18.2 Å². The molecule has 7 heteroatoms. The molecule has 5 nitrogen and oxygen atoms in total. The minimum absolute atomic E-state index is 0.149. The molecule has 1 fully saturated rings. The van der Waals surface area contributed by atoms with Gasteiger partial charge in [0.15, 0.2) is 0 Å². The summed E-state index contributed by atoms with van der Waals surface area (Å²) in [6.07, 6.45) is 6.76. The number of aryl methyl sites for hydroxylation is 2. The molecule has 0 unspecified atom stereocenters. The summed E-state index contributed by atoms with van der Waals surface area (Å²) >= 11 is 6.32. The molecule has 1 heterocycles. The first-order valence-corrected chi connectivity index (χ1v) is 11.1. The van der Waals surface area contributed by atoms with Crippen LogP contribution in [-0.4, -0.2) is 21.7 Å². The minimum Gasteiger partial charge on any atom is -0.351 e. The first kappa shape index (κ1) is 21.0. The van der Waals surface area contributed by atoms with E-state index in [1.807, 2.05) is 6.92 Å². The number of hydrogen-bond donors (Lipinski definition) is 1. The van der Waals surface area contributed by atoms with Crippen LogP contribution in [0.2, 0.25) is 5.02 Å². The Morgan fingerprint density at radius 2 is 2.00 bits per heavy atom. The highest BCUT2D eigenvalue weighted by Crippen LogP contribution is 2.45. The molecule has 0 aliphatic heterocycles. The van der Waals surface area contributed by atoms with E-state index >= 15 is 0 Å². The fourth-order valence-electron chi connectivity index (χ4n) is 4.92. The first-order valence-electron chi connectivity index (χ1n) is 10.8. The quantitative estimate of drug-likeness (QED) is 0.780. The normalized spacial score (nSPS) is 18.6. The second-order valence-electron chi connectivity index (χ2n) is 8.60. The molecule has 1 saturated carbocycles. The third-order valence-electron chi connectivity index (χ3n) is 6.43. The SMILES string of the molecule is C[C@@H](Cn1nc2c(cc1=O)CCCC2)NC(=O)C1(c2c(F)cccc2Cl)CCCC1. The van der Waals surface area contributed by atoms with Gasteiger partial charge in [0.05, 0.1) is 17.7 Å². The third-order valence-corrected chi connectivity index (χ3v) is 6.75. The number of fused-ring (bicyclic) bond motifs is 1. The number of rotatable bonds is 5. The monoisotopic (exact) mass is 431 g/mol. The van der Waals surface area contributed by atoms with Crippen LogP contribution >= 0.6 is 11.6 Å². The van der Waals surface area contributed by atoms with Crippen molar-refractivity contribution in [1.82, 2.24) is 15.1 Å². The van der Waals surface area contributed by atoms with E-state index in [0.29, 0.717) is 12.8 Å². The number of aromatic nitrogens is 2. The van der Waals surface area contributed by atoms with Gasteiger partial charge in [0.1, 0.15) is 5.82 Å². The van der Waals surface area contributed by atoms with Gasteiger partial charge in [-0.1, -0.05) is 30.5 Å². The van der Waals surface area contributed by atoms with Crippen molar-refractivity contribution in [3.63, 3.8) is 0 Å². The molecule has 2 aromatic rings. The summed E-state index contributed by atoms with van der Waals surface area (Å²) in [6, 6.07) is 5.89. The molecule has 1 amide bonds. The first-order chi connectivity index (χ1) is 14.4. The van der Waals surface area contributed by atoms with Crippen LogP contribution in [0.4, 0.5) is 4.39 Å². The number of nitrogens with zero attached hydrogens (tertiary/aromatic N) is 2. The average molecular weight is 432 g/mol. The maximum absolute atomic E-state index is 14.7. The molecule has 4 rings (SSSR count). The van der Waals surface area contributed by atoms with Gasteiger partial charge >= 0.3 is 0 Å². The van der Waals surface area contributed by atoms with Crippen molar-refractivity contribution >= 4 is 17.5 Å². The Balaban J connectivity index is 1.55. The summed E-state index contributed by atoms with van der Waals surface area (Å²) in [7, 11) is 0. The third kappa shape index (κ3) is 3.89. The van der Waals surface area contributed by atoms with E-state index in [4.69, 9.17) is 11.6 Å². The van der Waals surface area contributed by atoms with Gasteiger partial charge in [0, 0.05) is 22.7 Å². The number of amides is 1. The van der Waals surface area contributed by atoms with Gasteiger partial charge in [-0.25, -0.2) is 9.07 Å². The summed E-state index contributed by atoms with van der Waals surface area (Å²) in [5.74, 6) is -0.676. The molecular weight excluding hydrogens is 405 g/mol. The lowest BCUT2D eigenvalue weighted by atomic mass is 9.77. The van der Waals surface area contributed by atoms with Crippen LogP contribution in [0.3, 0.4) is 0 Å². The lowest BCUT2D eigenvalue weighted by molar-refractivity contribution is -0.127. The second kappa shape index (κ2) is 8.50. The molecule has 30 heavy (non-hydrogen) atoms. The molecular formula is C23H27ClFN3O2. The van der Waals surface area contributed by atoms with Gasteiger partial charge < -0.3 is 5.32 Å². The van der Waals surface area contributed by atoms with E-state index in [0.717, 1.165) is 49.8 Å². The van der Waals surface area contributed by atoms with Crippen LogP contribution in [0, 0.1) is 5.82 Å². The number of hydrogen-bond acceptors (Lipinski definition) is 3. The summed E-state index contributed by atoms with van der Waals surface area (Å²) in [4.78, 5) is 25.8. The minimum atomic E-state index is -0.967. The Kier molecular flexibility index (Phi) is 5.96. The fraction of sp³-hybridized carbons (Fsp3) is 0.522. The maximum Gasteiger partial charge on any atom is 0.267 e. The maximum atomic E-state index is 14.7. The Morgan fingerprint density at radius 3 is 2.73 bits per heavy atom. The second-order valence-corrected chi connectivity index (χ2v) is 9.01. The Bertz CT molecular complexity index is 994. The lowest BCUT2D eigenvalue weighted by Gasteiger charge is -2.31. The number of nitrogens with one attached hydrogen (secondary N) is 1. The van der Waals surface area contributed by atoms with Crippen molar-refractivity contribution < 1.29 is 9.18 Å². The molecule has 0 bridgehead atoms. The smallest absolute Gasteiger partial charge is 0.267 e. The molecule has 160 valence electrons. The Labute approximate surface area is 180 Å². The van der Waals surface area contributed by atoms with Crippen molar-refractivity contribution in [2.24, 2.45) is 0 Å². The van der Waals surface area contributed by atoms with Gasteiger partial charge in [-0.05, 0) is 63.1 Å². The van der Waals surface area contributed by atoms with Crippen LogP contribution in [0.5, 0.6) is 0 Å². The van der Waals surface area contributed by atoms with Crippen LogP contribution in [0.25, 0.3) is 0 Å². The zero-order valence-corrected chi connectivity index (χ0v) is 18.0. The Morgan fingerprint density at radius 1 is 1.27 bits per heavy atom. The molecule has 0 spiro atoms.